The Morgan fingerprint density at radius 2 is 2.44 bits per heavy atom. The van der Waals surface area contributed by atoms with Gasteiger partial charge in [0.1, 0.15) is 11.4 Å². The number of anilines is 1. The van der Waals surface area contributed by atoms with Crippen LogP contribution in [0, 0.1) is 11.8 Å². The van der Waals surface area contributed by atoms with Crippen LogP contribution in [0.4, 0.5) is 5.13 Å². The summed E-state index contributed by atoms with van der Waals surface area (Å²) in [5, 5.41) is 5.13. The molecule has 25 heavy (non-hydrogen) atoms. The summed E-state index contributed by atoms with van der Waals surface area (Å²) < 4.78 is 11.4. The third kappa shape index (κ3) is 2.17. The summed E-state index contributed by atoms with van der Waals surface area (Å²) in [5.74, 6) is -0.612. The number of hydrogen-bond donors (Lipinski definition) is 1. The Bertz CT molecular complexity index is 847. The van der Waals surface area contributed by atoms with Crippen LogP contribution >= 0.6 is 11.3 Å². The van der Waals surface area contributed by atoms with Gasteiger partial charge in [0.25, 0.3) is 0 Å². The van der Waals surface area contributed by atoms with E-state index >= 15 is 0 Å². The van der Waals surface area contributed by atoms with E-state index in [2.05, 4.69) is 10.3 Å². The quantitative estimate of drug-likeness (QED) is 0.841. The van der Waals surface area contributed by atoms with Crippen molar-refractivity contribution in [1.82, 2.24) is 9.88 Å². The summed E-state index contributed by atoms with van der Waals surface area (Å²) in [6.45, 7) is 0.817. The number of thiazole rings is 1. The first kappa shape index (κ1) is 14.9. The molecular weight excluding hydrogens is 342 g/mol. The number of amides is 2. The van der Waals surface area contributed by atoms with Gasteiger partial charge in [-0.25, -0.2) is 4.98 Å². The van der Waals surface area contributed by atoms with Crippen LogP contribution in [0.2, 0.25) is 0 Å². The second kappa shape index (κ2) is 5.27. The van der Waals surface area contributed by atoms with Crippen molar-refractivity contribution >= 4 is 28.3 Å². The van der Waals surface area contributed by atoms with E-state index < -0.39 is 17.4 Å². The second-order valence-electron chi connectivity index (χ2n) is 6.50. The number of hydrogen-bond acceptors (Lipinski definition) is 6. The third-order valence-corrected chi connectivity index (χ3v) is 5.76. The average molecular weight is 357 g/mol. The molecule has 7 nitrogen and oxygen atoms in total. The van der Waals surface area contributed by atoms with Crippen LogP contribution in [-0.2, 0) is 20.9 Å². The van der Waals surface area contributed by atoms with E-state index in [4.69, 9.17) is 9.15 Å². The molecule has 2 aromatic rings. The monoisotopic (exact) mass is 357 g/mol. The Labute approximate surface area is 147 Å². The summed E-state index contributed by atoms with van der Waals surface area (Å²) in [7, 11) is 0. The Morgan fingerprint density at radius 3 is 3.20 bits per heavy atom. The summed E-state index contributed by atoms with van der Waals surface area (Å²) in [6.07, 6.45) is 6.69. The smallest absolute Gasteiger partial charge is 0.233 e. The molecule has 3 aliphatic rings. The number of aromatic nitrogens is 1. The lowest BCUT2D eigenvalue weighted by atomic mass is 9.77. The number of fused-ring (bicyclic) bond motifs is 1. The van der Waals surface area contributed by atoms with Crippen molar-refractivity contribution in [2.45, 2.75) is 18.2 Å². The van der Waals surface area contributed by atoms with Crippen molar-refractivity contribution in [3.05, 3.63) is 47.9 Å². The number of nitrogens with zero attached hydrogens (tertiary/aromatic N) is 2. The van der Waals surface area contributed by atoms with Crippen LogP contribution < -0.4 is 5.32 Å². The number of carbonyl (C=O) groups is 2. The molecule has 0 saturated carbocycles. The topological polar surface area (TPSA) is 84.7 Å². The van der Waals surface area contributed by atoms with Gasteiger partial charge in [0.05, 0.1) is 37.3 Å². The number of ether oxygens (including phenoxy) is 1. The van der Waals surface area contributed by atoms with E-state index in [0.29, 0.717) is 24.0 Å². The molecule has 3 aliphatic heterocycles. The molecule has 2 bridgehead atoms. The van der Waals surface area contributed by atoms with Crippen LogP contribution in [0.25, 0.3) is 0 Å². The molecular formula is C17H15N3O4S. The third-order valence-electron chi connectivity index (χ3n) is 5.07. The number of rotatable bonds is 4. The highest BCUT2D eigenvalue weighted by Crippen LogP contribution is 2.52. The molecule has 2 fully saturated rings. The lowest BCUT2D eigenvalue weighted by molar-refractivity contribution is -0.136. The fourth-order valence-electron chi connectivity index (χ4n) is 4.08. The first-order valence-corrected chi connectivity index (χ1v) is 8.93. The minimum atomic E-state index is -0.709. The Balaban J connectivity index is 1.41. The van der Waals surface area contributed by atoms with Gasteiger partial charge in [0.15, 0.2) is 5.13 Å². The van der Waals surface area contributed by atoms with Crippen molar-refractivity contribution in [3.8, 4) is 0 Å². The molecule has 5 rings (SSSR count). The SMILES string of the molecule is O=C(Nc1nccs1)[C@H]1[C@@H]2C=C[C@@]3(CN(Cc4ccco4)C(=O)[C@H]13)O2. The van der Waals surface area contributed by atoms with Gasteiger partial charge in [-0.15, -0.1) is 11.3 Å². The molecule has 8 heteroatoms. The first-order chi connectivity index (χ1) is 12.2. The Kier molecular flexibility index (Phi) is 3.13. The zero-order valence-electron chi connectivity index (χ0n) is 13.1. The predicted molar refractivity (Wildman–Crippen MR) is 88.6 cm³/mol. The number of nitrogens with one attached hydrogen (secondary N) is 1. The average Bonchev–Trinajstić information content (AvgIpc) is 3.37. The molecule has 0 unspecified atom stereocenters. The van der Waals surface area contributed by atoms with Crippen molar-refractivity contribution < 1.29 is 18.7 Å². The summed E-state index contributed by atoms with van der Waals surface area (Å²) in [4.78, 5) is 31.5. The van der Waals surface area contributed by atoms with Gasteiger partial charge in [-0.2, -0.15) is 0 Å². The van der Waals surface area contributed by atoms with Gasteiger partial charge in [-0.3, -0.25) is 9.59 Å². The normalized spacial score (nSPS) is 32.4. The maximum Gasteiger partial charge on any atom is 0.233 e. The van der Waals surface area contributed by atoms with Crippen LogP contribution in [0.5, 0.6) is 0 Å². The van der Waals surface area contributed by atoms with E-state index in [9.17, 15) is 9.59 Å². The standard InChI is InChI=1S/C17H15N3O4S/c21-14(19-16-18-5-7-25-16)12-11-3-4-17(24-11)9-20(15(22)13(12)17)8-10-2-1-6-23-10/h1-7,11-13H,8-9H2,(H,18,19,21)/t11-,12-,13-,17-/m0/s1. The van der Waals surface area contributed by atoms with E-state index in [1.165, 1.54) is 11.3 Å². The minimum absolute atomic E-state index is 0.0671. The molecule has 2 aromatic heterocycles. The minimum Gasteiger partial charge on any atom is -0.467 e. The van der Waals surface area contributed by atoms with Crippen LogP contribution in [0.3, 0.4) is 0 Å². The lowest BCUT2D eigenvalue weighted by Crippen LogP contribution is -2.41. The number of likely N-dealkylation sites (tertiary alicyclic amines) is 1. The van der Waals surface area contributed by atoms with Crippen molar-refractivity contribution in [1.29, 1.82) is 0 Å². The van der Waals surface area contributed by atoms with Crippen molar-refractivity contribution in [3.63, 3.8) is 0 Å². The van der Waals surface area contributed by atoms with Crippen LogP contribution in [-0.4, -0.2) is 39.9 Å². The highest BCUT2D eigenvalue weighted by atomic mass is 32.1. The summed E-state index contributed by atoms with van der Waals surface area (Å²) in [6, 6.07) is 3.63. The van der Waals surface area contributed by atoms with E-state index in [1.54, 1.807) is 28.8 Å². The van der Waals surface area contributed by atoms with Gasteiger partial charge in [-0.05, 0) is 12.1 Å². The fraction of sp³-hybridized carbons (Fsp3) is 0.353. The molecule has 4 atom stereocenters. The summed E-state index contributed by atoms with van der Waals surface area (Å²) in [5.41, 5.74) is -0.709. The van der Waals surface area contributed by atoms with Gasteiger partial charge in [-0.1, -0.05) is 12.2 Å². The fourth-order valence-corrected chi connectivity index (χ4v) is 4.61. The van der Waals surface area contributed by atoms with Gasteiger partial charge in [0, 0.05) is 11.6 Å². The molecule has 1 N–H and O–H groups in total. The van der Waals surface area contributed by atoms with Crippen LogP contribution in [0.1, 0.15) is 5.76 Å². The highest BCUT2D eigenvalue weighted by molar-refractivity contribution is 7.13. The molecule has 0 aromatic carbocycles. The Hall–Kier alpha value is -2.45. The lowest BCUT2D eigenvalue weighted by Gasteiger charge is -2.23. The van der Waals surface area contributed by atoms with E-state index in [-0.39, 0.29) is 17.9 Å². The molecule has 0 radical (unpaired) electrons. The van der Waals surface area contributed by atoms with Gasteiger partial charge >= 0.3 is 0 Å². The molecule has 1 spiro atoms. The molecule has 0 aliphatic carbocycles. The molecule has 5 heterocycles. The first-order valence-electron chi connectivity index (χ1n) is 8.05. The summed E-state index contributed by atoms with van der Waals surface area (Å²) >= 11 is 1.35. The predicted octanol–water partition coefficient (Wildman–Crippen LogP) is 1.66. The Morgan fingerprint density at radius 1 is 1.52 bits per heavy atom. The maximum atomic E-state index is 13.0. The van der Waals surface area contributed by atoms with Crippen molar-refractivity contribution in [2.75, 3.05) is 11.9 Å². The van der Waals surface area contributed by atoms with Crippen LogP contribution in [0.15, 0.2) is 46.5 Å². The molecule has 2 saturated heterocycles. The van der Waals surface area contributed by atoms with Crippen molar-refractivity contribution in [2.24, 2.45) is 11.8 Å². The van der Waals surface area contributed by atoms with Gasteiger partial charge in [0.2, 0.25) is 11.8 Å². The zero-order chi connectivity index (χ0) is 17.0. The van der Waals surface area contributed by atoms with E-state index in [0.717, 1.165) is 0 Å². The number of furan rings is 1. The second-order valence-corrected chi connectivity index (χ2v) is 7.39. The molecule has 128 valence electrons. The maximum absolute atomic E-state index is 13.0. The zero-order valence-corrected chi connectivity index (χ0v) is 13.9. The van der Waals surface area contributed by atoms with Gasteiger partial charge < -0.3 is 19.4 Å². The van der Waals surface area contributed by atoms with E-state index in [1.807, 2.05) is 18.2 Å². The molecule has 2 amide bonds. The largest absolute Gasteiger partial charge is 0.467 e. The number of carbonyl (C=O) groups excluding carboxylic acids is 2. The highest BCUT2D eigenvalue weighted by Gasteiger charge is 2.66.